The van der Waals surface area contributed by atoms with Gasteiger partial charge in [-0.1, -0.05) is 42.2 Å². The van der Waals surface area contributed by atoms with Gasteiger partial charge in [0.1, 0.15) is 11.2 Å². The minimum Gasteiger partial charge on any atom is -0.335 e. The van der Waals surface area contributed by atoms with Crippen molar-refractivity contribution in [2.75, 3.05) is 11.4 Å². The highest BCUT2D eigenvalue weighted by molar-refractivity contribution is 8.03. The number of nitrogens with zero attached hydrogens (tertiary/aromatic N) is 2. The molecule has 0 amide bonds. The number of thiazole rings is 1. The van der Waals surface area contributed by atoms with Crippen LogP contribution >= 0.6 is 23.1 Å². The van der Waals surface area contributed by atoms with E-state index in [1.807, 2.05) is 23.1 Å². The number of benzene rings is 2. The summed E-state index contributed by atoms with van der Waals surface area (Å²) in [5.74, 6) is 0. The van der Waals surface area contributed by atoms with Crippen molar-refractivity contribution in [3.05, 3.63) is 69.2 Å². The fraction of sp³-hybridized carbons (Fsp3) is 0.320. The van der Waals surface area contributed by atoms with Gasteiger partial charge in [0.15, 0.2) is 0 Å². The van der Waals surface area contributed by atoms with Crippen LogP contribution in [0, 0.1) is 13.8 Å². The Morgan fingerprint density at radius 1 is 1.03 bits per heavy atom. The Labute approximate surface area is 182 Å². The number of anilines is 1. The third-order valence-corrected chi connectivity index (χ3v) is 7.62. The summed E-state index contributed by atoms with van der Waals surface area (Å²) in [5, 5.41) is 2.67. The van der Waals surface area contributed by atoms with E-state index >= 15 is 0 Å². The number of thioether (sulfide) groups is 1. The average molecular weight is 422 g/mol. The normalized spacial score (nSPS) is 15.6. The maximum Gasteiger partial charge on any atom is 0.263 e. The molecule has 0 saturated heterocycles. The molecule has 4 rings (SSSR count). The molecule has 1 aromatic heterocycles. The first-order valence-corrected chi connectivity index (χ1v) is 12.1. The van der Waals surface area contributed by atoms with Crippen LogP contribution in [0.1, 0.15) is 43.3 Å². The van der Waals surface area contributed by atoms with Crippen molar-refractivity contribution in [2.24, 2.45) is 0 Å². The summed E-state index contributed by atoms with van der Waals surface area (Å²) >= 11 is 3.79. The van der Waals surface area contributed by atoms with Crippen molar-refractivity contribution in [1.82, 2.24) is 0 Å². The molecule has 0 radical (unpaired) electrons. The van der Waals surface area contributed by atoms with Gasteiger partial charge in [0, 0.05) is 23.6 Å². The second-order valence-corrected chi connectivity index (χ2v) is 9.65. The molecule has 0 unspecified atom stereocenters. The first-order chi connectivity index (χ1) is 14.0. The molecule has 2 heterocycles. The van der Waals surface area contributed by atoms with Gasteiger partial charge in [-0.05, 0) is 75.1 Å². The number of hydrogen-bond donors (Lipinski definition) is 0. The Bertz CT molecular complexity index is 1120. The van der Waals surface area contributed by atoms with E-state index in [1.165, 1.54) is 47.5 Å². The summed E-state index contributed by atoms with van der Waals surface area (Å²) in [6, 6.07) is 13.6. The van der Waals surface area contributed by atoms with Crippen LogP contribution in [-0.2, 0) is 6.54 Å². The summed E-state index contributed by atoms with van der Waals surface area (Å²) in [6.07, 6.45) is 5.80. The summed E-state index contributed by atoms with van der Waals surface area (Å²) < 4.78 is 3.81. The van der Waals surface area contributed by atoms with Crippen molar-refractivity contribution in [1.29, 1.82) is 0 Å². The number of allylic oxidation sites excluding steroid dienone is 2. The zero-order chi connectivity index (χ0) is 20.5. The largest absolute Gasteiger partial charge is 0.335 e. The lowest BCUT2D eigenvalue weighted by molar-refractivity contribution is -0.665. The van der Waals surface area contributed by atoms with E-state index in [9.17, 15) is 0 Å². The van der Waals surface area contributed by atoms with Crippen molar-refractivity contribution >= 4 is 45.1 Å². The van der Waals surface area contributed by atoms with Crippen LogP contribution < -0.4 is 9.47 Å². The first-order valence-electron chi connectivity index (χ1n) is 10.4. The molecule has 1 aliphatic rings. The van der Waals surface area contributed by atoms with Crippen LogP contribution in [-0.4, -0.2) is 6.54 Å². The number of aryl methyl sites for hydroxylation is 3. The zero-order valence-electron chi connectivity index (χ0n) is 18.0. The van der Waals surface area contributed by atoms with Gasteiger partial charge in [0.25, 0.3) is 5.01 Å². The van der Waals surface area contributed by atoms with Gasteiger partial charge >= 0.3 is 0 Å². The molecule has 3 aromatic rings. The topological polar surface area (TPSA) is 7.12 Å². The lowest BCUT2D eigenvalue weighted by Crippen LogP contribution is -2.33. The molecule has 0 atom stereocenters. The van der Waals surface area contributed by atoms with Crippen LogP contribution in [0.4, 0.5) is 5.69 Å². The monoisotopic (exact) mass is 421 g/mol. The predicted octanol–water partition coefficient (Wildman–Crippen LogP) is 7.09. The number of rotatable bonds is 5. The number of aromatic nitrogens is 1. The molecule has 2 aromatic carbocycles. The van der Waals surface area contributed by atoms with Gasteiger partial charge < -0.3 is 4.90 Å². The lowest BCUT2D eigenvalue weighted by atomic mass is 10.2. The maximum absolute atomic E-state index is 2.44. The third-order valence-electron chi connectivity index (χ3n) is 5.43. The Balaban J connectivity index is 1.75. The smallest absolute Gasteiger partial charge is 0.263 e. The fourth-order valence-electron chi connectivity index (χ4n) is 3.86. The number of fused-ring (bicyclic) bond motifs is 2. The first kappa shape index (κ1) is 20.2. The third kappa shape index (κ3) is 3.88. The highest BCUT2D eigenvalue weighted by Crippen LogP contribution is 2.46. The Hall–Kier alpha value is -2.04. The molecule has 0 fully saturated rings. The van der Waals surface area contributed by atoms with Crippen molar-refractivity contribution < 1.29 is 4.57 Å². The predicted molar refractivity (Wildman–Crippen MR) is 129 cm³/mol. The van der Waals surface area contributed by atoms with Gasteiger partial charge in [0.05, 0.1) is 10.7 Å². The summed E-state index contributed by atoms with van der Waals surface area (Å²) in [6.45, 7) is 13.0. The molecule has 0 spiro atoms. The van der Waals surface area contributed by atoms with E-state index in [1.54, 1.807) is 0 Å². The number of hydrogen-bond acceptors (Lipinski definition) is 3. The van der Waals surface area contributed by atoms with E-state index in [4.69, 9.17) is 0 Å². The van der Waals surface area contributed by atoms with E-state index in [0.717, 1.165) is 19.5 Å². The van der Waals surface area contributed by atoms with Gasteiger partial charge in [-0.2, -0.15) is 4.57 Å². The molecule has 4 heteroatoms. The van der Waals surface area contributed by atoms with E-state index in [0.29, 0.717) is 0 Å². The minimum atomic E-state index is 0.989. The molecule has 1 aliphatic heterocycles. The van der Waals surface area contributed by atoms with Crippen LogP contribution in [0.5, 0.6) is 0 Å². The summed E-state index contributed by atoms with van der Waals surface area (Å²) in [7, 11) is 0. The van der Waals surface area contributed by atoms with Crippen LogP contribution in [0.15, 0.2) is 58.0 Å². The van der Waals surface area contributed by atoms with Crippen LogP contribution in [0.3, 0.4) is 0 Å². The van der Waals surface area contributed by atoms with Crippen molar-refractivity contribution in [3.8, 4) is 0 Å². The van der Waals surface area contributed by atoms with Crippen molar-refractivity contribution in [3.63, 3.8) is 0 Å². The fourth-order valence-corrected chi connectivity index (χ4v) is 6.46. The molecule has 0 bridgehead atoms. The average Bonchev–Trinajstić information content (AvgIpc) is 3.22. The molecule has 150 valence electrons. The van der Waals surface area contributed by atoms with E-state index in [2.05, 4.69) is 92.6 Å². The van der Waals surface area contributed by atoms with Crippen LogP contribution in [0.25, 0.3) is 16.3 Å². The quantitative estimate of drug-likeness (QED) is 0.406. The lowest BCUT2D eigenvalue weighted by Gasteiger charge is -2.18. The van der Waals surface area contributed by atoms with Gasteiger partial charge in [-0.3, -0.25) is 0 Å². The molecule has 0 N–H and O–H groups in total. The Kier molecular flexibility index (Phi) is 5.84. The standard InChI is InChI=1S/C25H29N2S2/c1-6-19(15-24-26(7-2)20-11-9-17(4)13-22(20)28-24)16-25-27(8-3)21-12-10-18(5)14-23(21)29-25/h9-16H,6-8H2,1-5H3/q+1. The molecular formula is C25H29N2S2+. The molecule has 0 aliphatic carbocycles. The maximum atomic E-state index is 2.44. The van der Waals surface area contributed by atoms with E-state index in [-0.39, 0.29) is 0 Å². The zero-order valence-corrected chi connectivity index (χ0v) is 19.6. The van der Waals surface area contributed by atoms with Gasteiger partial charge in [-0.15, -0.1) is 0 Å². The van der Waals surface area contributed by atoms with Crippen LogP contribution in [0.2, 0.25) is 0 Å². The minimum absolute atomic E-state index is 0.989. The highest BCUT2D eigenvalue weighted by Gasteiger charge is 2.24. The van der Waals surface area contributed by atoms with E-state index < -0.39 is 0 Å². The SMILES string of the molecule is CCC(=Cc1sc2cc(C)ccc2[n+]1CC)C=C1Sc2cc(C)ccc2N1CC. The molecule has 0 saturated carbocycles. The highest BCUT2D eigenvalue weighted by atomic mass is 32.2. The van der Waals surface area contributed by atoms with Gasteiger partial charge in [0.2, 0.25) is 5.52 Å². The van der Waals surface area contributed by atoms with Crippen molar-refractivity contribution in [2.45, 2.75) is 52.5 Å². The Morgan fingerprint density at radius 3 is 2.52 bits per heavy atom. The second kappa shape index (κ2) is 8.37. The summed E-state index contributed by atoms with van der Waals surface area (Å²) in [5.41, 5.74) is 6.70. The van der Waals surface area contributed by atoms with Gasteiger partial charge in [-0.25, -0.2) is 0 Å². The molecule has 29 heavy (non-hydrogen) atoms. The second-order valence-electron chi connectivity index (χ2n) is 7.53. The Morgan fingerprint density at radius 2 is 1.79 bits per heavy atom. The molecular weight excluding hydrogens is 392 g/mol. The summed E-state index contributed by atoms with van der Waals surface area (Å²) in [4.78, 5) is 3.81. The molecule has 2 nitrogen and oxygen atoms in total.